The minimum atomic E-state index is -4.47. The topological polar surface area (TPSA) is 55.1 Å². The van der Waals surface area contributed by atoms with Crippen LogP contribution in [0, 0.1) is 5.92 Å². The number of alkyl halides is 3. The van der Waals surface area contributed by atoms with Crippen molar-refractivity contribution in [3.05, 3.63) is 28.2 Å². The smallest absolute Gasteiger partial charge is 0.330 e. The second kappa shape index (κ2) is 6.38. The number of nitrogens with two attached hydrogens (primary N) is 1. The third kappa shape index (κ3) is 4.50. The Bertz CT molecular complexity index is 463. The summed E-state index contributed by atoms with van der Waals surface area (Å²) in [5.74, 6) is -0.691. The minimum absolute atomic E-state index is 0.0620. The molecule has 1 rings (SSSR count). The largest absolute Gasteiger partial charge is 0.417 e. The maximum atomic E-state index is 12.7. The molecule has 0 fully saturated rings. The van der Waals surface area contributed by atoms with Gasteiger partial charge in [0, 0.05) is 16.1 Å². The van der Waals surface area contributed by atoms with Gasteiger partial charge in [0.15, 0.2) is 0 Å². The fourth-order valence-electron chi connectivity index (χ4n) is 1.47. The first-order valence-electron chi connectivity index (χ1n) is 5.63. The molecule has 0 radical (unpaired) electrons. The number of hydrogen-bond acceptors (Lipinski definition) is 2. The highest BCUT2D eigenvalue weighted by molar-refractivity contribution is 9.10. The van der Waals surface area contributed by atoms with Crippen molar-refractivity contribution < 1.29 is 18.0 Å². The second-order valence-corrected chi connectivity index (χ2v) is 5.01. The summed E-state index contributed by atoms with van der Waals surface area (Å²) in [7, 11) is 0. The normalized spacial score (nSPS) is 13.2. The lowest BCUT2D eigenvalue weighted by Crippen LogP contribution is -2.23. The van der Waals surface area contributed by atoms with Crippen molar-refractivity contribution in [1.29, 1.82) is 0 Å². The van der Waals surface area contributed by atoms with E-state index in [0.29, 0.717) is 13.0 Å². The van der Waals surface area contributed by atoms with E-state index in [0.717, 1.165) is 6.07 Å². The van der Waals surface area contributed by atoms with E-state index in [-0.39, 0.29) is 22.0 Å². The van der Waals surface area contributed by atoms with Gasteiger partial charge in [-0.05, 0) is 31.2 Å². The molecular formula is C12H14BrF3N2O. The van der Waals surface area contributed by atoms with E-state index < -0.39 is 11.7 Å². The third-order valence-electron chi connectivity index (χ3n) is 2.59. The molecule has 1 aromatic carbocycles. The lowest BCUT2D eigenvalue weighted by Gasteiger charge is -2.14. The third-order valence-corrected chi connectivity index (χ3v) is 3.28. The number of amides is 1. The van der Waals surface area contributed by atoms with Crippen LogP contribution in [-0.4, -0.2) is 12.5 Å². The molecule has 0 spiro atoms. The Balaban J connectivity index is 2.89. The van der Waals surface area contributed by atoms with Gasteiger partial charge in [0.2, 0.25) is 5.91 Å². The van der Waals surface area contributed by atoms with Crippen molar-refractivity contribution in [2.45, 2.75) is 19.5 Å². The lowest BCUT2D eigenvalue weighted by molar-refractivity contribution is -0.138. The first-order valence-corrected chi connectivity index (χ1v) is 6.42. The second-order valence-electron chi connectivity index (χ2n) is 4.16. The maximum Gasteiger partial charge on any atom is 0.417 e. The van der Waals surface area contributed by atoms with E-state index >= 15 is 0 Å². The summed E-state index contributed by atoms with van der Waals surface area (Å²) in [6.07, 6.45) is -3.99. The van der Waals surface area contributed by atoms with E-state index in [4.69, 9.17) is 5.73 Å². The highest BCUT2D eigenvalue weighted by Gasteiger charge is 2.33. The fourth-order valence-corrected chi connectivity index (χ4v) is 1.94. The Kier molecular flexibility index (Phi) is 5.37. The zero-order valence-corrected chi connectivity index (χ0v) is 11.8. The van der Waals surface area contributed by atoms with Crippen molar-refractivity contribution in [2.24, 2.45) is 11.7 Å². The molecule has 106 valence electrons. The van der Waals surface area contributed by atoms with E-state index in [9.17, 15) is 18.0 Å². The molecule has 0 aliphatic carbocycles. The van der Waals surface area contributed by atoms with Crippen LogP contribution in [0.4, 0.5) is 18.9 Å². The Morgan fingerprint density at radius 1 is 1.47 bits per heavy atom. The van der Waals surface area contributed by atoms with E-state index in [1.807, 2.05) is 0 Å². The Hall–Kier alpha value is -1.08. The van der Waals surface area contributed by atoms with Crippen LogP contribution in [0.15, 0.2) is 22.7 Å². The van der Waals surface area contributed by atoms with Gasteiger partial charge < -0.3 is 11.1 Å². The van der Waals surface area contributed by atoms with Crippen molar-refractivity contribution in [1.82, 2.24) is 0 Å². The fraction of sp³-hybridized carbons (Fsp3) is 0.417. The molecule has 0 aliphatic heterocycles. The molecule has 1 amide bonds. The standard InChI is InChI=1S/C12H14BrF3N2O/c1-7(4-5-17)11(19)18-8-2-3-10(13)9(6-8)12(14,15)16/h2-3,6-7H,4-5,17H2,1H3,(H,18,19). The van der Waals surface area contributed by atoms with Gasteiger partial charge in [-0.25, -0.2) is 0 Å². The number of carbonyl (C=O) groups is 1. The molecule has 0 saturated heterocycles. The van der Waals surface area contributed by atoms with Crippen molar-refractivity contribution in [3.63, 3.8) is 0 Å². The van der Waals surface area contributed by atoms with E-state index in [1.54, 1.807) is 6.92 Å². The first kappa shape index (κ1) is 16.0. The molecule has 0 saturated carbocycles. The Labute approximate surface area is 117 Å². The van der Waals surface area contributed by atoms with Crippen molar-refractivity contribution in [3.8, 4) is 0 Å². The molecule has 3 N–H and O–H groups in total. The van der Waals surface area contributed by atoms with Crippen molar-refractivity contribution in [2.75, 3.05) is 11.9 Å². The summed E-state index contributed by atoms with van der Waals surface area (Å²) in [6, 6.07) is 3.57. The van der Waals surface area contributed by atoms with Gasteiger partial charge in [0.05, 0.1) is 5.56 Å². The highest BCUT2D eigenvalue weighted by Crippen LogP contribution is 2.36. The molecule has 1 atom stereocenters. The average molecular weight is 339 g/mol. The zero-order valence-electron chi connectivity index (χ0n) is 10.2. The molecule has 3 nitrogen and oxygen atoms in total. The van der Waals surface area contributed by atoms with Crippen LogP contribution in [0.5, 0.6) is 0 Å². The summed E-state index contributed by atoms with van der Waals surface area (Å²) >= 11 is 2.84. The lowest BCUT2D eigenvalue weighted by atomic mass is 10.1. The number of rotatable bonds is 4. The van der Waals surface area contributed by atoms with Gasteiger partial charge in [-0.15, -0.1) is 0 Å². The molecule has 0 aromatic heterocycles. The molecule has 7 heteroatoms. The predicted molar refractivity (Wildman–Crippen MR) is 70.6 cm³/mol. The van der Waals surface area contributed by atoms with Crippen LogP contribution >= 0.6 is 15.9 Å². The SMILES string of the molecule is CC(CCN)C(=O)Nc1ccc(Br)c(C(F)(F)F)c1. The van der Waals surface area contributed by atoms with Gasteiger partial charge in [-0.1, -0.05) is 22.9 Å². The number of halogens is 4. The summed E-state index contributed by atoms with van der Waals surface area (Å²) < 4.78 is 38.0. The van der Waals surface area contributed by atoms with Crippen LogP contribution in [0.1, 0.15) is 18.9 Å². The Morgan fingerprint density at radius 3 is 2.63 bits per heavy atom. The predicted octanol–water partition coefficient (Wildman–Crippen LogP) is 3.39. The van der Waals surface area contributed by atoms with Crippen LogP contribution in [0.2, 0.25) is 0 Å². The van der Waals surface area contributed by atoms with Gasteiger partial charge in [-0.2, -0.15) is 13.2 Å². The monoisotopic (exact) mass is 338 g/mol. The molecule has 1 aromatic rings. The highest BCUT2D eigenvalue weighted by atomic mass is 79.9. The van der Waals surface area contributed by atoms with Gasteiger partial charge in [-0.3, -0.25) is 4.79 Å². The van der Waals surface area contributed by atoms with Crippen LogP contribution in [0.25, 0.3) is 0 Å². The summed E-state index contributed by atoms with van der Waals surface area (Å²) in [5.41, 5.74) is 4.62. The molecule has 0 aliphatic rings. The van der Waals surface area contributed by atoms with Crippen LogP contribution in [-0.2, 0) is 11.0 Å². The first-order chi connectivity index (χ1) is 8.75. The Morgan fingerprint density at radius 2 is 2.11 bits per heavy atom. The molecule has 1 unspecified atom stereocenters. The molecule has 19 heavy (non-hydrogen) atoms. The van der Waals surface area contributed by atoms with Gasteiger partial charge in [0.1, 0.15) is 0 Å². The number of carbonyl (C=O) groups excluding carboxylic acids is 1. The average Bonchev–Trinajstić information content (AvgIpc) is 2.30. The molecule has 0 bridgehead atoms. The zero-order chi connectivity index (χ0) is 14.6. The number of hydrogen-bond donors (Lipinski definition) is 2. The summed E-state index contributed by atoms with van der Waals surface area (Å²) in [6.45, 7) is 2.02. The maximum absolute atomic E-state index is 12.7. The van der Waals surface area contributed by atoms with Gasteiger partial charge >= 0.3 is 6.18 Å². The number of anilines is 1. The van der Waals surface area contributed by atoms with Crippen molar-refractivity contribution >= 4 is 27.5 Å². The summed E-state index contributed by atoms with van der Waals surface area (Å²) in [5, 5.41) is 2.45. The summed E-state index contributed by atoms with van der Waals surface area (Å²) in [4.78, 5) is 11.7. The number of benzene rings is 1. The quantitative estimate of drug-likeness (QED) is 0.884. The number of nitrogens with one attached hydrogen (secondary N) is 1. The van der Waals surface area contributed by atoms with Crippen LogP contribution in [0.3, 0.4) is 0 Å². The minimum Gasteiger partial charge on any atom is -0.330 e. The van der Waals surface area contributed by atoms with E-state index in [1.165, 1.54) is 12.1 Å². The molecule has 0 heterocycles. The van der Waals surface area contributed by atoms with Crippen LogP contribution < -0.4 is 11.1 Å². The van der Waals surface area contributed by atoms with E-state index in [2.05, 4.69) is 21.2 Å². The van der Waals surface area contributed by atoms with Gasteiger partial charge in [0.25, 0.3) is 0 Å². The molecular weight excluding hydrogens is 325 g/mol.